The lowest BCUT2D eigenvalue weighted by atomic mass is 9.97. The van der Waals surface area contributed by atoms with Crippen LogP contribution in [-0.4, -0.2) is 35.4 Å². The number of hydrogen-bond donors (Lipinski definition) is 0. The first-order chi connectivity index (χ1) is 16.0. The Balaban J connectivity index is 1.92. The molecule has 0 radical (unpaired) electrons. The topological polar surface area (TPSA) is 30.9 Å². The van der Waals surface area contributed by atoms with Crippen molar-refractivity contribution >= 4 is 22.9 Å². The van der Waals surface area contributed by atoms with Gasteiger partial charge >= 0.3 is 0 Å². The Morgan fingerprint density at radius 2 is 1.45 bits per heavy atom. The van der Waals surface area contributed by atoms with Gasteiger partial charge in [0.05, 0.1) is 26.9 Å². The van der Waals surface area contributed by atoms with Gasteiger partial charge in [0.1, 0.15) is 17.2 Å². The quantitative estimate of drug-likeness (QED) is 0.428. The maximum absolute atomic E-state index is 5.71. The SMILES string of the molecule is COc1cc(OC)c(C=C2C(C)=C(Cc3ccccc3)c3cc(N(C)C)ccc32)c(OC)c1. The molecule has 0 aromatic heterocycles. The molecule has 0 heterocycles. The number of anilines is 1. The van der Waals surface area contributed by atoms with Crippen molar-refractivity contribution in [2.75, 3.05) is 40.3 Å². The van der Waals surface area contributed by atoms with Crippen LogP contribution < -0.4 is 19.1 Å². The fraction of sp³-hybridized carbons (Fsp3) is 0.241. The van der Waals surface area contributed by atoms with E-state index in [9.17, 15) is 0 Å². The largest absolute Gasteiger partial charge is 0.496 e. The third kappa shape index (κ3) is 4.34. The second-order valence-electron chi connectivity index (χ2n) is 8.39. The molecule has 33 heavy (non-hydrogen) atoms. The number of nitrogens with zero attached hydrogens (tertiary/aromatic N) is 1. The van der Waals surface area contributed by atoms with Crippen LogP contribution in [0.15, 0.2) is 66.2 Å². The average molecular weight is 442 g/mol. The van der Waals surface area contributed by atoms with E-state index in [0.29, 0.717) is 5.75 Å². The first kappa shape index (κ1) is 22.5. The minimum atomic E-state index is 0.699. The monoisotopic (exact) mass is 441 g/mol. The molecule has 0 fully saturated rings. The predicted molar refractivity (Wildman–Crippen MR) is 137 cm³/mol. The van der Waals surface area contributed by atoms with Crippen molar-refractivity contribution in [3.63, 3.8) is 0 Å². The van der Waals surface area contributed by atoms with Crippen molar-refractivity contribution in [1.82, 2.24) is 0 Å². The zero-order valence-electron chi connectivity index (χ0n) is 20.2. The second-order valence-corrected chi connectivity index (χ2v) is 8.39. The first-order valence-electron chi connectivity index (χ1n) is 11.0. The van der Waals surface area contributed by atoms with Crippen LogP contribution in [0.4, 0.5) is 5.69 Å². The number of hydrogen-bond acceptors (Lipinski definition) is 4. The lowest BCUT2D eigenvalue weighted by Crippen LogP contribution is -2.08. The van der Waals surface area contributed by atoms with Gasteiger partial charge in [0, 0.05) is 31.9 Å². The van der Waals surface area contributed by atoms with Crippen molar-refractivity contribution in [3.05, 3.63) is 88.5 Å². The van der Waals surface area contributed by atoms with Gasteiger partial charge in [-0.1, -0.05) is 36.4 Å². The summed E-state index contributed by atoms with van der Waals surface area (Å²) in [5, 5.41) is 0. The van der Waals surface area contributed by atoms with E-state index in [1.807, 2.05) is 12.1 Å². The molecule has 0 spiro atoms. The van der Waals surface area contributed by atoms with Gasteiger partial charge in [-0.2, -0.15) is 0 Å². The van der Waals surface area contributed by atoms with E-state index in [1.165, 1.54) is 39.1 Å². The van der Waals surface area contributed by atoms with Gasteiger partial charge in [0.25, 0.3) is 0 Å². The zero-order chi connectivity index (χ0) is 23.5. The van der Waals surface area contributed by atoms with Crippen LogP contribution in [-0.2, 0) is 6.42 Å². The van der Waals surface area contributed by atoms with Crippen molar-refractivity contribution in [3.8, 4) is 17.2 Å². The maximum atomic E-state index is 5.71. The first-order valence-corrected chi connectivity index (χ1v) is 11.0. The predicted octanol–water partition coefficient (Wildman–Crippen LogP) is 6.35. The molecule has 4 nitrogen and oxygen atoms in total. The summed E-state index contributed by atoms with van der Waals surface area (Å²) in [6.45, 7) is 2.21. The Morgan fingerprint density at radius 1 is 0.788 bits per heavy atom. The van der Waals surface area contributed by atoms with Crippen LogP contribution in [0.25, 0.3) is 17.2 Å². The fourth-order valence-corrected chi connectivity index (χ4v) is 4.39. The lowest BCUT2D eigenvalue weighted by Gasteiger charge is -2.16. The Bertz CT molecular complexity index is 1200. The molecule has 3 aromatic carbocycles. The third-order valence-electron chi connectivity index (χ3n) is 6.26. The lowest BCUT2D eigenvalue weighted by molar-refractivity contribution is 0.374. The maximum Gasteiger partial charge on any atom is 0.133 e. The number of allylic oxidation sites excluding steroid dienone is 3. The van der Waals surface area contributed by atoms with E-state index in [1.54, 1.807) is 21.3 Å². The molecule has 3 aromatic rings. The summed E-state index contributed by atoms with van der Waals surface area (Å²) in [6, 6.07) is 21.1. The molecule has 0 unspecified atom stereocenters. The standard InChI is InChI=1S/C29H31NO3/c1-19-24(14-20-10-8-7-9-11-20)26-15-21(30(2)3)12-13-23(26)25(19)18-27-28(32-5)16-22(31-4)17-29(27)33-6/h7-13,15-18H,14H2,1-6H3. The van der Waals surface area contributed by atoms with Gasteiger partial charge in [-0.3, -0.25) is 0 Å². The van der Waals surface area contributed by atoms with Gasteiger partial charge in [-0.05, 0) is 65.0 Å². The molecule has 170 valence electrons. The number of benzene rings is 3. The molecular weight excluding hydrogens is 410 g/mol. The smallest absolute Gasteiger partial charge is 0.133 e. The highest BCUT2D eigenvalue weighted by Gasteiger charge is 2.25. The van der Waals surface area contributed by atoms with Gasteiger partial charge in [0.2, 0.25) is 0 Å². The van der Waals surface area contributed by atoms with Crippen molar-refractivity contribution in [2.24, 2.45) is 0 Å². The van der Waals surface area contributed by atoms with Crippen LogP contribution >= 0.6 is 0 Å². The highest BCUT2D eigenvalue weighted by atomic mass is 16.5. The molecule has 0 bridgehead atoms. The summed E-state index contributed by atoms with van der Waals surface area (Å²) in [5.74, 6) is 2.13. The van der Waals surface area contributed by atoms with E-state index in [0.717, 1.165) is 23.5 Å². The number of fused-ring (bicyclic) bond motifs is 1. The van der Waals surface area contributed by atoms with Gasteiger partial charge in [0.15, 0.2) is 0 Å². The Kier molecular flexibility index (Phi) is 6.45. The van der Waals surface area contributed by atoms with Crippen molar-refractivity contribution < 1.29 is 14.2 Å². The molecule has 0 N–H and O–H groups in total. The molecule has 0 saturated heterocycles. The molecule has 0 atom stereocenters. The summed E-state index contributed by atoms with van der Waals surface area (Å²) >= 11 is 0. The molecule has 0 amide bonds. The molecule has 4 rings (SSSR count). The Morgan fingerprint density at radius 3 is 2.03 bits per heavy atom. The minimum Gasteiger partial charge on any atom is -0.496 e. The fourth-order valence-electron chi connectivity index (χ4n) is 4.39. The third-order valence-corrected chi connectivity index (χ3v) is 6.26. The molecule has 4 heteroatoms. The molecule has 0 saturated carbocycles. The van der Waals surface area contributed by atoms with Crippen LogP contribution in [0, 0.1) is 0 Å². The Hall–Kier alpha value is -3.66. The van der Waals surface area contributed by atoms with E-state index in [2.05, 4.69) is 80.5 Å². The van der Waals surface area contributed by atoms with Gasteiger partial charge < -0.3 is 19.1 Å². The number of methoxy groups -OCH3 is 3. The molecule has 1 aliphatic rings. The van der Waals surface area contributed by atoms with Crippen LogP contribution in [0.3, 0.4) is 0 Å². The van der Waals surface area contributed by atoms with Crippen molar-refractivity contribution in [2.45, 2.75) is 13.3 Å². The Labute approximate surface area is 196 Å². The summed E-state index contributed by atoms with van der Waals surface area (Å²) in [7, 11) is 9.14. The summed E-state index contributed by atoms with van der Waals surface area (Å²) in [5.41, 5.74) is 9.69. The van der Waals surface area contributed by atoms with E-state index in [4.69, 9.17) is 14.2 Å². The van der Waals surface area contributed by atoms with Gasteiger partial charge in [-0.15, -0.1) is 0 Å². The highest BCUT2D eigenvalue weighted by Crippen LogP contribution is 2.46. The van der Waals surface area contributed by atoms with E-state index >= 15 is 0 Å². The molecule has 1 aliphatic carbocycles. The molecule has 0 aliphatic heterocycles. The average Bonchev–Trinajstić information content (AvgIpc) is 3.09. The zero-order valence-corrected chi connectivity index (χ0v) is 20.2. The second kappa shape index (κ2) is 9.45. The highest BCUT2D eigenvalue weighted by molar-refractivity contribution is 6.06. The minimum absolute atomic E-state index is 0.699. The van der Waals surface area contributed by atoms with Crippen molar-refractivity contribution in [1.29, 1.82) is 0 Å². The summed E-state index contributed by atoms with van der Waals surface area (Å²) in [4.78, 5) is 2.15. The number of rotatable bonds is 7. The van der Waals surface area contributed by atoms with Crippen LogP contribution in [0.2, 0.25) is 0 Å². The van der Waals surface area contributed by atoms with Gasteiger partial charge in [-0.25, -0.2) is 0 Å². The van der Waals surface area contributed by atoms with E-state index in [-0.39, 0.29) is 0 Å². The number of ether oxygens (including phenoxy) is 3. The summed E-state index contributed by atoms with van der Waals surface area (Å²) in [6.07, 6.45) is 3.06. The normalized spacial score (nSPS) is 13.8. The van der Waals surface area contributed by atoms with E-state index < -0.39 is 0 Å². The summed E-state index contributed by atoms with van der Waals surface area (Å²) < 4.78 is 16.8. The van der Waals surface area contributed by atoms with Crippen LogP contribution in [0.1, 0.15) is 29.2 Å². The van der Waals surface area contributed by atoms with Crippen LogP contribution in [0.5, 0.6) is 17.2 Å². The molecular formula is C29H31NO3.